The van der Waals surface area contributed by atoms with E-state index in [-0.39, 0.29) is 6.10 Å². The second-order valence-corrected chi connectivity index (χ2v) is 7.60. The third-order valence-electron chi connectivity index (χ3n) is 3.89. The van der Waals surface area contributed by atoms with Gasteiger partial charge in [-0.3, -0.25) is 0 Å². The number of alkyl halides is 2. The maximum Gasteiger partial charge on any atom is 0.341 e. The summed E-state index contributed by atoms with van der Waals surface area (Å²) in [6.45, 7) is 0.883. The molecule has 5 nitrogen and oxygen atoms in total. The van der Waals surface area contributed by atoms with Crippen molar-refractivity contribution in [2.45, 2.75) is 16.8 Å². The molecule has 0 saturated heterocycles. The third-order valence-corrected chi connectivity index (χ3v) is 5.28. The van der Waals surface area contributed by atoms with Crippen molar-refractivity contribution in [3.63, 3.8) is 0 Å². The lowest BCUT2D eigenvalue weighted by atomic mass is 10.2. The standard InChI is InChI=1S/C17H17F2NO4S/c1-20(10-13-11-23-15-4-2-3-5-16(15)24-13)12-6-8-14(9-7-12)25(21,22)17(18)19/h2-9,13,17H,10-11H2,1H3. The van der Waals surface area contributed by atoms with E-state index in [9.17, 15) is 17.2 Å². The summed E-state index contributed by atoms with van der Waals surface area (Å²) in [5.41, 5.74) is 0.690. The fraction of sp³-hybridized carbons (Fsp3) is 0.294. The Balaban J connectivity index is 1.67. The summed E-state index contributed by atoms with van der Waals surface area (Å²) in [7, 11) is -2.77. The Kier molecular flexibility index (Phi) is 4.80. The lowest BCUT2D eigenvalue weighted by Gasteiger charge is -2.30. The van der Waals surface area contributed by atoms with Gasteiger partial charge in [0.25, 0.3) is 0 Å². The van der Waals surface area contributed by atoms with Crippen LogP contribution in [0, 0.1) is 0 Å². The molecule has 1 atom stereocenters. The Labute approximate surface area is 144 Å². The third kappa shape index (κ3) is 3.68. The number of para-hydroxylation sites is 2. The zero-order chi connectivity index (χ0) is 18.0. The van der Waals surface area contributed by atoms with Crippen LogP contribution in [0.25, 0.3) is 0 Å². The first kappa shape index (κ1) is 17.5. The molecule has 1 aliphatic heterocycles. The van der Waals surface area contributed by atoms with Crippen LogP contribution in [0.1, 0.15) is 0 Å². The number of likely N-dealkylation sites (N-methyl/N-ethyl adjacent to an activating group) is 1. The highest BCUT2D eigenvalue weighted by Crippen LogP contribution is 2.31. The molecule has 3 rings (SSSR count). The smallest absolute Gasteiger partial charge is 0.341 e. The van der Waals surface area contributed by atoms with Crippen molar-refractivity contribution in [1.82, 2.24) is 0 Å². The quantitative estimate of drug-likeness (QED) is 0.811. The van der Waals surface area contributed by atoms with E-state index in [0.717, 1.165) is 0 Å². The van der Waals surface area contributed by atoms with Gasteiger partial charge < -0.3 is 14.4 Å². The first-order valence-electron chi connectivity index (χ1n) is 7.59. The van der Waals surface area contributed by atoms with Crippen LogP contribution in [-0.4, -0.2) is 40.5 Å². The van der Waals surface area contributed by atoms with E-state index in [1.54, 1.807) is 7.05 Å². The van der Waals surface area contributed by atoms with Crippen LogP contribution in [0.2, 0.25) is 0 Å². The Bertz CT molecular complexity index is 840. The molecule has 0 spiro atoms. The Hall–Kier alpha value is -2.35. The second-order valence-electron chi connectivity index (χ2n) is 5.68. The summed E-state index contributed by atoms with van der Waals surface area (Å²) >= 11 is 0. The molecule has 0 radical (unpaired) electrons. The van der Waals surface area contributed by atoms with E-state index in [0.29, 0.717) is 30.3 Å². The number of nitrogens with zero attached hydrogens (tertiary/aromatic N) is 1. The highest BCUT2D eigenvalue weighted by molar-refractivity contribution is 7.91. The number of ether oxygens (including phenoxy) is 2. The van der Waals surface area contributed by atoms with Crippen molar-refractivity contribution in [1.29, 1.82) is 0 Å². The SMILES string of the molecule is CN(CC1COc2ccccc2O1)c1ccc(S(=O)(=O)C(F)F)cc1. The average Bonchev–Trinajstić information content (AvgIpc) is 2.61. The monoisotopic (exact) mass is 369 g/mol. The topological polar surface area (TPSA) is 55.8 Å². The van der Waals surface area contributed by atoms with Crippen molar-refractivity contribution in [2.24, 2.45) is 0 Å². The molecule has 8 heteroatoms. The van der Waals surface area contributed by atoms with E-state index >= 15 is 0 Å². The van der Waals surface area contributed by atoms with Gasteiger partial charge >= 0.3 is 5.76 Å². The largest absolute Gasteiger partial charge is 0.486 e. The molecule has 0 bridgehead atoms. The second kappa shape index (κ2) is 6.87. The number of rotatable bonds is 5. The fourth-order valence-corrected chi connectivity index (χ4v) is 3.28. The van der Waals surface area contributed by atoms with E-state index < -0.39 is 20.5 Å². The van der Waals surface area contributed by atoms with Crippen LogP contribution in [0.4, 0.5) is 14.5 Å². The molecule has 134 valence electrons. The molecular weight excluding hydrogens is 352 g/mol. The summed E-state index contributed by atoms with van der Waals surface area (Å²) in [6.07, 6.45) is -0.204. The predicted octanol–water partition coefficient (Wildman–Crippen LogP) is 2.96. The Morgan fingerprint density at radius 3 is 2.40 bits per heavy atom. The van der Waals surface area contributed by atoms with Gasteiger partial charge in [0.2, 0.25) is 9.84 Å². The molecule has 25 heavy (non-hydrogen) atoms. The molecule has 0 amide bonds. The minimum absolute atomic E-state index is 0.204. The normalized spacial score (nSPS) is 16.7. The number of hydrogen-bond donors (Lipinski definition) is 0. The lowest BCUT2D eigenvalue weighted by molar-refractivity contribution is 0.0960. The van der Waals surface area contributed by atoms with Gasteiger partial charge in [0.15, 0.2) is 17.6 Å². The van der Waals surface area contributed by atoms with Gasteiger partial charge in [-0.1, -0.05) is 12.1 Å². The molecule has 0 aliphatic carbocycles. The fourth-order valence-electron chi connectivity index (χ4n) is 2.56. The molecule has 0 saturated carbocycles. The number of hydrogen-bond acceptors (Lipinski definition) is 5. The molecule has 0 fully saturated rings. The number of sulfone groups is 1. The number of halogens is 2. The van der Waals surface area contributed by atoms with Crippen molar-refractivity contribution in [2.75, 3.05) is 25.1 Å². The summed E-state index contributed by atoms with van der Waals surface area (Å²) in [6, 6.07) is 12.7. The van der Waals surface area contributed by atoms with Gasteiger partial charge in [0, 0.05) is 12.7 Å². The van der Waals surface area contributed by atoms with Gasteiger partial charge in [-0.2, -0.15) is 8.78 Å². The van der Waals surface area contributed by atoms with Crippen molar-refractivity contribution in [3.8, 4) is 11.5 Å². The van der Waals surface area contributed by atoms with Crippen molar-refractivity contribution in [3.05, 3.63) is 48.5 Å². The molecular formula is C17H17F2NO4S. The Morgan fingerprint density at radius 1 is 1.12 bits per heavy atom. The number of benzene rings is 2. The van der Waals surface area contributed by atoms with Gasteiger partial charge in [0.05, 0.1) is 11.4 Å². The van der Waals surface area contributed by atoms with Crippen LogP contribution in [0.5, 0.6) is 11.5 Å². The van der Waals surface area contributed by atoms with Crippen molar-refractivity contribution >= 4 is 15.5 Å². The maximum absolute atomic E-state index is 12.6. The Morgan fingerprint density at radius 2 is 1.76 bits per heavy atom. The average molecular weight is 369 g/mol. The molecule has 2 aromatic carbocycles. The van der Waals surface area contributed by atoms with Crippen LogP contribution < -0.4 is 14.4 Å². The van der Waals surface area contributed by atoms with E-state index in [4.69, 9.17) is 9.47 Å². The van der Waals surface area contributed by atoms with Gasteiger partial charge in [-0.15, -0.1) is 0 Å². The number of anilines is 1. The van der Waals surface area contributed by atoms with E-state index in [1.807, 2.05) is 29.2 Å². The van der Waals surface area contributed by atoms with Gasteiger partial charge in [0.1, 0.15) is 6.61 Å². The van der Waals surface area contributed by atoms with Gasteiger partial charge in [-0.05, 0) is 36.4 Å². The summed E-state index contributed by atoms with van der Waals surface area (Å²) in [4.78, 5) is 1.45. The van der Waals surface area contributed by atoms with Crippen LogP contribution in [0.15, 0.2) is 53.4 Å². The first-order valence-corrected chi connectivity index (χ1v) is 9.14. The predicted molar refractivity (Wildman–Crippen MR) is 89.3 cm³/mol. The molecule has 2 aromatic rings. The van der Waals surface area contributed by atoms with E-state index in [1.165, 1.54) is 24.3 Å². The molecule has 0 N–H and O–H groups in total. The van der Waals surface area contributed by atoms with Crippen LogP contribution >= 0.6 is 0 Å². The minimum Gasteiger partial charge on any atom is -0.486 e. The zero-order valence-corrected chi connectivity index (χ0v) is 14.2. The highest BCUT2D eigenvalue weighted by Gasteiger charge is 2.27. The summed E-state index contributed by atoms with van der Waals surface area (Å²) in [5.74, 6) is -2.06. The summed E-state index contributed by atoms with van der Waals surface area (Å²) in [5, 5.41) is 0. The molecule has 1 unspecified atom stereocenters. The summed E-state index contributed by atoms with van der Waals surface area (Å²) < 4.78 is 59.5. The van der Waals surface area contributed by atoms with Crippen LogP contribution in [0.3, 0.4) is 0 Å². The molecule has 1 aliphatic rings. The van der Waals surface area contributed by atoms with Crippen LogP contribution in [-0.2, 0) is 9.84 Å². The maximum atomic E-state index is 12.6. The van der Waals surface area contributed by atoms with Crippen molar-refractivity contribution < 1.29 is 26.7 Å². The number of fused-ring (bicyclic) bond motifs is 1. The van der Waals surface area contributed by atoms with E-state index in [2.05, 4.69) is 0 Å². The highest BCUT2D eigenvalue weighted by atomic mass is 32.2. The van der Waals surface area contributed by atoms with Gasteiger partial charge in [-0.25, -0.2) is 8.42 Å². The minimum atomic E-state index is -4.58. The molecule has 1 heterocycles. The lowest BCUT2D eigenvalue weighted by Crippen LogP contribution is -2.39. The molecule has 0 aromatic heterocycles. The first-order chi connectivity index (χ1) is 11.9. The zero-order valence-electron chi connectivity index (χ0n) is 13.4.